The molecule has 0 spiro atoms. The van der Waals surface area contributed by atoms with Crippen LogP contribution in [0, 0.1) is 0 Å². The van der Waals surface area contributed by atoms with Gasteiger partial charge in [-0.2, -0.15) is 0 Å². The van der Waals surface area contributed by atoms with Crippen molar-refractivity contribution < 1.29 is 10.2 Å². The second kappa shape index (κ2) is 5.21. The minimum absolute atomic E-state index is 0.426. The minimum atomic E-state index is -0.699. The standard InChI is InChI=1S/C8H14O2/c1-3-5-7(9)8(10)6-4-2/h3-4,7-10H,1-2,5-6H2. The molecule has 0 saturated carbocycles. The van der Waals surface area contributed by atoms with E-state index in [1.54, 1.807) is 12.2 Å². The summed E-state index contributed by atoms with van der Waals surface area (Å²) in [7, 11) is 0. The van der Waals surface area contributed by atoms with E-state index in [-0.39, 0.29) is 0 Å². The SMILES string of the molecule is C=CCC(O)C(O)CC=C. The highest BCUT2D eigenvalue weighted by molar-refractivity contribution is 4.82. The van der Waals surface area contributed by atoms with Crippen molar-refractivity contribution in [2.24, 2.45) is 0 Å². The van der Waals surface area contributed by atoms with Gasteiger partial charge in [0.2, 0.25) is 0 Å². The summed E-state index contributed by atoms with van der Waals surface area (Å²) in [4.78, 5) is 0. The van der Waals surface area contributed by atoms with Crippen molar-refractivity contribution in [3.8, 4) is 0 Å². The van der Waals surface area contributed by atoms with Crippen LogP contribution >= 0.6 is 0 Å². The zero-order valence-corrected chi connectivity index (χ0v) is 6.03. The lowest BCUT2D eigenvalue weighted by Crippen LogP contribution is -2.24. The smallest absolute Gasteiger partial charge is 0.0836 e. The first-order valence-electron chi connectivity index (χ1n) is 3.30. The molecular formula is C8H14O2. The molecule has 0 aromatic carbocycles. The summed E-state index contributed by atoms with van der Waals surface area (Å²) in [5, 5.41) is 18.2. The van der Waals surface area contributed by atoms with Gasteiger partial charge in [-0.15, -0.1) is 13.2 Å². The predicted molar refractivity (Wildman–Crippen MR) is 41.6 cm³/mol. The molecule has 2 nitrogen and oxygen atoms in total. The number of aliphatic hydroxyl groups excluding tert-OH is 2. The summed E-state index contributed by atoms with van der Waals surface area (Å²) >= 11 is 0. The van der Waals surface area contributed by atoms with E-state index in [0.717, 1.165) is 0 Å². The van der Waals surface area contributed by atoms with E-state index in [2.05, 4.69) is 13.2 Å². The van der Waals surface area contributed by atoms with Gasteiger partial charge in [0.15, 0.2) is 0 Å². The lowest BCUT2D eigenvalue weighted by molar-refractivity contribution is 0.0239. The molecule has 0 aliphatic carbocycles. The van der Waals surface area contributed by atoms with E-state index in [9.17, 15) is 0 Å². The van der Waals surface area contributed by atoms with Crippen molar-refractivity contribution in [3.05, 3.63) is 25.3 Å². The molecule has 0 aliphatic rings. The Balaban J connectivity index is 3.56. The Bertz CT molecular complexity index is 95.8. The van der Waals surface area contributed by atoms with E-state index in [1.807, 2.05) is 0 Å². The molecule has 0 saturated heterocycles. The molecule has 2 N–H and O–H groups in total. The Morgan fingerprint density at radius 2 is 1.30 bits per heavy atom. The average molecular weight is 142 g/mol. The lowest BCUT2D eigenvalue weighted by atomic mass is 10.1. The van der Waals surface area contributed by atoms with Crippen LogP contribution in [0.1, 0.15) is 12.8 Å². The van der Waals surface area contributed by atoms with Gasteiger partial charge in [0.25, 0.3) is 0 Å². The molecule has 0 radical (unpaired) electrons. The minimum Gasteiger partial charge on any atom is -0.390 e. The van der Waals surface area contributed by atoms with Crippen LogP contribution in [0.15, 0.2) is 25.3 Å². The number of aliphatic hydroxyl groups is 2. The van der Waals surface area contributed by atoms with Gasteiger partial charge in [0.1, 0.15) is 0 Å². The average Bonchev–Trinajstić information content (AvgIpc) is 1.89. The van der Waals surface area contributed by atoms with Gasteiger partial charge in [-0.3, -0.25) is 0 Å². The fourth-order valence-electron chi connectivity index (χ4n) is 0.656. The van der Waals surface area contributed by atoms with Crippen LogP contribution < -0.4 is 0 Å². The van der Waals surface area contributed by atoms with Gasteiger partial charge in [-0.05, 0) is 12.8 Å². The lowest BCUT2D eigenvalue weighted by Gasteiger charge is -2.13. The molecule has 0 aromatic heterocycles. The molecule has 58 valence electrons. The maximum absolute atomic E-state index is 9.08. The van der Waals surface area contributed by atoms with Crippen LogP contribution in [0.2, 0.25) is 0 Å². The Morgan fingerprint density at radius 3 is 1.50 bits per heavy atom. The molecule has 0 heterocycles. The molecule has 10 heavy (non-hydrogen) atoms. The van der Waals surface area contributed by atoms with E-state index in [1.165, 1.54) is 0 Å². The maximum Gasteiger partial charge on any atom is 0.0836 e. The Hall–Kier alpha value is -0.600. The van der Waals surface area contributed by atoms with E-state index in [0.29, 0.717) is 12.8 Å². The Morgan fingerprint density at radius 1 is 1.00 bits per heavy atom. The molecule has 0 aromatic rings. The largest absolute Gasteiger partial charge is 0.390 e. The summed E-state index contributed by atoms with van der Waals surface area (Å²) in [6, 6.07) is 0. The van der Waals surface area contributed by atoms with E-state index < -0.39 is 12.2 Å². The van der Waals surface area contributed by atoms with Gasteiger partial charge in [0, 0.05) is 0 Å². The number of rotatable bonds is 5. The Kier molecular flexibility index (Phi) is 4.89. The first-order valence-corrected chi connectivity index (χ1v) is 3.30. The van der Waals surface area contributed by atoms with Crippen molar-refractivity contribution in [1.29, 1.82) is 0 Å². The van der Waals surface area contributed by atoms with E-state index in [4.69, 9.17) is 10.2 Å². The molecular weight excluding hydrogens is 128 g/mol. The highest BCUT2D eigenvalue weighted by Crippen LogP contribution is 2.03. The third-order valence-electron chi connectivity index (χ3n) is 1.26. The summed E-state index contributed by atoms with van der Waals surface area (Å²) in [5.41, 5.74) is 0. The molecule has 0 aliphatic heterocycles. The third-order valence-corrected chi connectivity index (χ3v) is 1.26. The second-order valence-corrected chi connectivity index (χ2v) is 2.18. The molecule has 0 rings (SSSR count). The first-order chi connectivity index (χ1) is 4.72. The predicted octanol–water partition coefficient (Wildman–Crippen LogP) is 0.860. The maximum atomic E-state index is 9.08. The summed E-state index contributed by atoms with van der Waals surface area (Å²) < 4.78 is 0. The summed E-state index contributed by atoms with van der Waals surface area (Å²) in [6.45, 7) is 6.89. The number of hydrogen-bond donors (Lipinski definition) is 2. The fraction of sp³-hybridized carbons (Fsp3) is 0.500. The van der Waals surface area contributed by atoms with Crippen molar-refractivity contribution in [3.63, 3.8) is 0 Å². The van der Waals surface area contributed by atoms with Gasteiger partial charge in [0.05, 0.1) is 12.2 Å². The third kappa shape index (κ3) is 3.43. The van der Waals surface area contributed by atoms with Crippen LogP contribution in [0.4, 0.5) is 0 Å². The zero-order chi connectivity index (χ0) is 7.98. The molecule has 0 fully saturated rings. The topological polar surface area (TPSA) is 40.5 Å². The van der Waals surface area contributed by atoms with Gasteiger partial charge in [-0.1, -0.05) is 12.2 Å². The highest BCUT2D eigenvalue weighted by Gasteiger charge is 2.11. The fourth-order valence-corrected chi connectivity index (χ4v) is 0.656. The van der Waals surface area contributed by atoms with Crippen LogP contribution in [0.25, 0.3) is 0 Å². The van der Waals surface area contributed by atoms with Crippen LogP contribution in [0.3, 0.4) is 0 Å². The van der Waals surface area contributed by atoms with Crippen LogP contribution in [-0.2, 0) is 0 Å². The number of hydrogen-bond acceptors (Lipinski definition) is 2. The van der Waals surface area contributed by atoms with Crippen LogP contribution in [-0.4, -0.2) is 22.4 Å². The van der Waals surface area contributed by atoms with E-state index >= 15 is 0 Å². The second-order valence-electron chi connectivity index (χ2n) is 2.18. The van der Waals surface area contributed by atoms with Crippen molar-refractivity contribution in [1.82, 2.24) is 0 Å². The highest BCUT2D eigenvalue weighted by atomic mass is 16.3. The zero-order valence-electron chi connectivity index (χ0n) is 6.03. The van der Waals surface area contributed by atoms with Crippen molar-refractivity contribution >= 4 is 0 Å². The van der Waals surface area contributed by atoms with Crippen LogP contribution in [0.5, 0.6) is 0 Å². The molecule has 2 atom stereocenters. The normalized spacial score (nSPS) is 15.8. The monoisotopic (exact) mass is 142 g/mol. The molecule has 0 bridgehead atoms. The molecule has 2 heteroatoms. The first kappa shape index (κ1) is 9.40. The molecule has 2 unspecified atom stereocenters. The van der Waals surface area contributed by atoms with Gasteiger partial charge >= 0.3 is 0 Å². The van der Waals surface area contributed by atoms with Crippen molar-refractivity contribution in [2.75, 3.05) is 0 Å². The van der Waals surface area contributed by atoms with Gasteiger partial charge in [-0.25, -0.2) is 0 Å². The molecule has 0 amide bonds. The summed E-state index contributed by atoms with van der Waals surface area (Å²) in [5.74, 6) is 0. The summed E-state index contributed by atoms with van der Waals surface area (Å²) in [6.07, 6.45) is 2.61. The Labute approximate surface area is 61.5 Å². The van der Waals surface area contributed by atoms with Gasteiger partial charge < -0.3 is 10.2 Å². The van der Waals surface area contributed by atoms with Crippen molar-refractivity contribution in [2.45, 2.75) is 25.0 Å². The quantitative estimate of drug-likeness (QED) is 0.559.